The molecule has 1 saturated heterocycles. The molecule has 0 unspecified atom stereocenters. The lowest BCUT2D eigenvalue weighted by Crippen LogP contribution is -2.51. The number of carbonyl (C=O) groups is 3. The monoisotopic (exact) mass is 361 g/mol. The summed E-state index contributed by atoms with van der Waals surface area (Å²) >= 11 is 0. The van der Waals surface area contributed by atoms with Gasteiger partial charge in [0.15, 0.2) is 6.61 Å². The van der Waals surface area contributed by atoms with Crippen LogP contribution in [0.2, 0.25) is 0 Å². The molecule has 1 heterocycles. The largest absolute Gasteiger partial charge is 0.494 e. The molecule has 8 heteroatoms. The van der Waals surface area contributed by atoms with Crippen LogP contribution in [0.3, 0.4) is 0 Å². The van der Waals surface area contributed by atoms with Crippen molar-refractivity contribution < 1.29 is 23.9 Å². The first-order valence-corrected chi connectivity index (χ1v) is 8.86. The van der Waals surface area contributed by atoms with Crippen molar-refractivity contribution in [2.75, 3.05) is 13.2 Å². The quantitative estimate of drug-likeness (QED) is 0.753. The fourth-order valence-corrected chi connectivity index (χ4v) is 3.32. The first kappa shape index (κ1) is 18.0. The van der Waals surface area contributed by atoms with Gasteiger partial charge in [0, 0.05) is 0 Å². The summed E-state index contributed by atoms with van der Waals surface area (Å²) < 4.78 is 10.7. The number of rotatable bonds is 6. The molecule has 4 amide bonds. The Morgan fingerprint density at radius 2 is 1.73 bits per heavy atom. The summed E-state index contributed by atoms with van der Waals surface area (Å²) in [6.07, 6.45) is 4.02. The van der Waals surface area contributed by atoms with Crippen molar-refractivity contribution in [3.05, 3.63) is 24.3 Å². The van der Waals surface area contributed by atoms with Gasteiger partial charge in [-0.3, -0.25) is 15.0 Å². The molecule has 1 aliphatic carbocycles. The molecule has 0 radical (unpaired) electrons. The number of amides is 4. The van der Waals surface area contributed by atoms with E-state index in [1.54, 1.807) is 24.3 Å². The molecule has 140 valence electrons. The molecule has 3 rings (SSSR count). The summed E-state index contributed by atoms with van der Waals surface area (Å²) in [5.41, 5.74) is 1.47. The Bertz CT molecular complexity index is 683. The Hall–Kier alpha value is -2.77. The van der Waals surface area contributed by atoms with Crippen LogP contribution in [0, 0.1) is 0 Å². The molecular formula is C18H23N3O5. The maximum Gasteiger partial charge on any atom is 0.344 e. The average molecular weight is 361 g/mol. The van der Waals surface area contributed by atoms with E-state index in [1.165, 1.54) is 0 Å². The van der Waals surface area contributed by atoms with Gasteiger partial charge in [-0.05, 0) is 44.0 Å². The molecular weight excluding hydrogens is 338 g/mol. The minimum Gasteiger partial charge on any atom is -0.494 e. The molecule has 2 fully saturated rings. The van der Waals surface area contributed by atoms with Gasteiger partial charge >= 0.3 is 6.03 Å². The second-order valence-electron chi connectivity index (χ2n) is 6.44. The zero-order chi connectivity index (χ0) is 18.6. The third-order valence-corrected chi connectivity index (χ3v) is 4.61. The topological polar surface area (TPSA) is 97.0 Å². The van der Waals surface area contributed by atoms with E-state index in [4.69, 9.17) is 9.47 Å². The van der Waals surface area contributed by atoms with Crippen LogP contribution < -0.4 is 20.2 Å². The highest BCUT2D eigenvalue weighted by Crippen LogP contribution is 2.32. The van der Waals surface area contributed by atoms with Crippen LogP contribution in [0.25, 0.3) is 0 Å². The minimum absolute atomic E-state index is 0.307. The van der Waals surface area contributed by atoms with Crippen molar-refractivity contribution >= 4 is 17.8 Å². The number of urea groups is 1. The molecule has 1 aromatic rings. The standard InChI is InChI=1S/C18H23N3O5/c1-2-25-13-6-8-14(9-7-13)26-12-15(22)20-21-16(23)18(19-17(21)24)10-4-3-5-11-18/h6-9H,2-5,10-12H2,1H3,(H,19,24)(H,20,22). The zero-order valence-corrected chi connectivity index (χ0v) is 14.7. The van der Waals surface area contributed by atoms with E-state index in [1.807, 2.05) is 6.92 Å². The number of imide groups is 1. The molecule has 1 aliphatic heterocycles. The van der Waals surface area contributed by atoms with Gasteiger partial charge in [0.1, 0.15) is 17.0 Å². The van der Waals surface area contributed by atoms with Gasteiger partial charge in [-0.2, -0.15) is 5.01 Å². The van der Waals surface area contributed by atoms with E-state index in [2.05, 4.69) is 10.7 Å². The lowest BCUT2D eigenvalue weighted by Gasteiger charge is -2.30. The number of hydrogen-bond donors (Lipinski definition) is 2. The summed E-state index contributed by atoms with van der Waals surface area (Å²) in [6, 6.07) is 6.25. The van der Waals surface area contributed by atoms with E-state index in [-0.39, 0.29) is 6.61 Å². The predicted octanol–water partition coefficient (Wildman–Crippen LogP) is 1.75. The zero-order valence-electron chi connectivity index (χ0n) is 14.7. The molecule has 2 aliphatic rings. The lowest BCUT2D eigenvalue weighted by molar-refractivity contribution is -0.140. The van der Waals surface area contributed by atoms with E-state index in [0.29, 0.717) is 30.9 Å². The van der Waals surface area contributed by atoms with Gasteiger partial charge in [-0.1, -0.05) is 19.3 Å². The highest BCUT2D eigenvalue weighted by atomic mass is 16.5. The number of benzene rings is 1. The molecule has 1 spiro atoms. The Kier molecular flexibility index (Phi) is 5.29. The third kappa shape index (κ3) is 3.74. The smallest absolute Gasteiger partial charge is 0.344 e. The molecule has 0 aromatic heterocycles. The van der Waals surface area contributed by atoms with Crippen molar-refractivity contribution in [2.24, 2.45) is 0 Å². The minimum atomic E-state index is -0.863. The van der Waals surface area contributed by atoms with Crippen molar-refractivity contribution in [1.82, 2.24) is 15.8 Å². The van der Waals surface area contributed by atoms with Crippen LogP contribution in [0.5, 0.6) is 11.5 Å². The fourth-order valence-electron chi connectivity index (χ4n) is 3.32. The molecule has 2 N–H and O–H groups in total. The molecule has 8 nitrogen and oxygen atoms in total. The number of nitrogens with one attached hydrogen (secondary N) is 2. The number of ether oxygens (including phenoxy) is 2. The highest BCUT2D eigenvalue weighted by Gasteiger charge is 2.52. The summed E-state index contributed by atoms with van der Waals surface area (Å²) in [6.45, 7) is 2.15. The molecule has 26 heavy (non-hydrogen) atoms. The molecule has 0 bridgehead atoms. The Labute approximate surface area is 151 Å². The normalized spacial score (nSPS) is 18.6. The number of nitrogens with zero attached hydrogens (tertiary/aromatic N) is 1. The number of carbonyl (C=O) groups excluding carboxylic acids is 3. The van der Waals surface area contributed by atoms with E-state index in [0.717, 1.165) is 24.3 Å². The summed E-state index contributed by atoms with van der Waals surface area (Å²) in [7, 11) is 0. The van der Waals surface area contributed by atoms with Gasteiger partial charge in [0.2, 0.25) is 0 Å². The van der Waals surface area contributed by atoms with Crippen LogP contribution in [-0.2, 0) is 9.59 Å². The Balaban J connectivity index is 1.53. The number of hydrogen-bond acceptors (Lipinski definition) is 5. The van der Waals surface area contributed by atoms with Crippen molar-refractivity contribution in [1.29, 1.82) is 0 Å². The van der Waals surface area contributed by atoms with Crippen LogP contribution >= 0.6 is 0 Å². The second-order valence-corrected chi connectivity index (χ2v) is 6.44. The van der Waals surface area contributed by atoms with Gasteiger partial charge in [0.25, 0.3) is 11.8 Å². The van der Waals surface area contributed by atoms with E-state index >= 15 is 0 Å². The molecule has 1 saturated carbocycles. The van der Waals surface area contributed by atoms with E-state index < -0.39 is 23.4 Å². The Morgan fingerprint density at radius 1 is 1.12 bits per heavy atom. The lowest BCUT2D eigenvalue weighted by atomic mass is 9.82. The van der Waals surface area contributed by atoms with Gasteiger partial charge < -0.3 is 14.8 Å². The summed E-state index contributed by atoms with van der Waals surface area (Å²) in [4.78, 5) is 36.7. The number of hydrazine groups is 1. The highest BCUT2D eigenvalue weighted by molar-refractivity contribution is 6.08. The first-order chi connectivity index (χ1) is 12.5. The van der Waals surface area contributed by atoms with Crippen molar-refractivity contribution in [3.8, 4) is 11.5 Å². The first-order valence-electron chi connectivity index (χ1n) is 8.86. The van der Waals surface area contributed by atoms with E-state index in [9.17, 15) is 14.4 Å². The van der Waals surface area contributed by atoms with Gasteiger partial charge in [0.05, 0.1) is 6.61 Å². The Morgan fingerprint density at radius 3 is 2.35 bits per heavy atom. The molecule has 1 aromatic carbocycles. The second kappa shape index (κ2) is 7.63. The maximum absolute atomic E-state index is 12.6. The summed E-state index contributed by atoms with van der Waals surface area (Å²) in [5.74, 6) is 0.234. The SMILES string of the molecule is CCOc1ccc(OCC(=O)NN2C(=O)NC3(CCCCC3)C2=O)cc1. The van der Waals surface area contributed by atoms with Crippen LogP contribution in [0.15, 0.2) is 24.3 Å². The third-order valence-electron chi connectivity index (χ3n) is 4.61. The maximum atomic E-state index is 12.6. The van der Waals surface area contributed by atoms with Gasteiger partial charge in [-0.25, -0.2) is 4.79 Å². The average Bonchev–Trinajstić information content (AvgIpc) is 2.86. The van der Waals surface area contributed by atoms with Crippen molar-refractivity contribution in [3.63, 3.8) is 0 Å². The van der Waals surface area contributed by atoms with Crippen LogP contribution in [0.4, 0.5) is 4.79 Å². The van der Waals surface area contributed by atoms with Crippen molar-refractivity contribution in [2.45, 2.75) is 44.6 Å². The molecule has 0 atom stereocenters. The van der Waals surface area contributed by atoms with Gasteiger partial charge in [-0.15, -0.1) is 0 Å². The van der Waals surface area contributed by atoms with Crippen LogP contribution in [0.1, 0.15) is 39.0 Å². The van der Waals surface area contributed by atoms with Crippen LogP contribution in [-0.4, -0.2) is 41.6 Å². The fraction of sp³-hybridized carbons (Fsp3) is 0.500. The predicted molar refractivity (Wildman–Crippen MR) is 92.4 cm³/mol. The summed E-state index contributed by atoms with van der Waals surface area (Å²) in [5, 5.41) is 3.51.